The topological polar surface area (TPSA) is 9.86 Å². The lowest BCUT2D eigenvalue weighted by atomic mass is 9.83. The number of nitrogens with zero attached hydrogens (tertiary/aromatic N) is 2. The summed E-state index contributed by atoms with van der Waals surface area (Å²) in [5, 5.41) is 10.1. The molecule has 0 atom stereocenters. The smallest absolute Gasteiger partial charge is 0.0541 e. The third-order valence-corrected chi connectivity index (χ3v) is 13.9. The van der Waals surface area contributed by atoms with Crippen molar-refractivity contribution in [1.29, 1.82) is 0 Å². The summed E-state index contributed by atoms with van der Waals surface area (Å²) < 4.78 is 4.78. The van der Waals surface area contributed by atoms with Crippen LogP contribution in [0.3, 0.4) is 0 Å². The van der Waals surface area contributed by atoms with E-state index in [9.17, 15) is 0 Å². The highest BCUT2D eigenvalue weighted by Gasteiger charge is 2.20. The van der Waals surface area contributed by atoms with Crippen LogP contribution < -0.4 is 0 Å². The van der Waals surface area contributed by atoms with Gasteiger partial charge in [0.25, 0.3) is 0 Å². The number of para-hydroxylation sites is 4. The molecule has 0 aliphatic carbocycles. The van der Waals surface area contributed by atoms with Crippen LogP contribution in [0.15, 0.2) is 231 Å². The lowest BCUT2D eigenvalue weighted by molar-refractivity contribution is 1.18. The molecule has 11 aromatic carbocycles. The Labute approximate surface area is 383 Å². The summed E-state index contributed by atoms with van der Waals surface area (Å²) in [6.07, 6.45) is 0. The normalized spacial score (nSPS) is 11.8. The second-order valence-corrected chi connectivity index (χ2v) is 17.8. The molecule has 2 nitrogen and oxygen atoms in total. The molecule has 66 heavy (non-hydrogen) atoms. The predicted molar refractivity (Wildman–Crippen MR) is 281 cm³/mol. The maximum absolute atomic E-state index is 2.43. The molecule has 13 aromatic rings. The summed E-state index contributed by atoms with van der Waals surface area (Å²) in [5.41, 5.74) is 19.4. The van der Waals surface area contributed by atoms with Gasteiger partial charge in [-0.2, -0.15) is 0 Å². The Morgan fingerprint density at radius 2 is 0.515 bits per heavy atom. The maximum atomic E-state index is 2.43. The van der Waals surface area contributed by atoms with Crippen molar-refractivity contribution in [2.45, 2.75) is 13.8 Å². The van der Waals surface area contributed by atoms with Gasteiger partial charge in [0.2, 0.25) is 0 Å². The SMILES string of the molecule is Cc1ccc(-c2c3ccc(-c4ccc(-n5c6ccccc6c6ccccc65)cc4)cc3c(-c3ccc(C)cc3)c3ccc(-c4ccc(-n5c6ccccc6c6ccccc65)cc4)cc23)cc1. The molecule has 0 bridgehead atoms. The summed E-state index contributed by atoms with van der Waals surface area (Å²) in [5.74, 6) is 0. The van der Waals surface area contributed by atoms with Crippen LogP contribution in [0, 0.1) is 13.8 Å². The van der Waals surface area contributed by atoms with Gasteiger partial charge in [-0.1, -0.05) is 181 Å². The first-order chi connectivity index (χ1) is 32.6. The number of aromatic nitrogens is 2. The number of benzene rings is 11. The minimum absolute atomic E-state index is 1.15. The molecule has 0 aliphatic rings. The Hall–Kier alpha value is -8.46. The van der Waals surface area contributed by atoms with Gasteiger partial charge < -0.3 is 9.13 Å². The number of hydrogen-bond donors (Lipinski definition) is 0. The number of aryl methyl sites for hydroxylation is 2. The van der Waals surface area contributed by atoms with E-state index in [1.54, 1.807) is 0 Å². The van der Waals surface area contributed by atoms with Crippen LogP contribution in [0.1, 0.15) is 11.1 Å². The van der Waals surface area contributed by atoms with Crippen molar-refractivity contribution in [3.05, 3.63) is 242 Å². The Morgan fingerprint density at radius 1 is 0.227 bits per heavy atom. The zero-order valence-corrected chi connectivity index (χ0v) is 36.8. The predicted octanol–water partition coefficient (Wildman–Crippen LogP) is 17.5. The van der Waals surface area contributed by atoms with E-state index in [2.05, 4.69) is 254 Å². The fourth-order valence-electron chi connectivity index (χ4n) is 10.7. The van der Waals surface area contributed by atoms with E-state index < -0.39 is 0 Å². The molecule has 0 saturated heterocycles. The average Bonchev–Trinajstić information content (AvgIpc) is 3.89. The molecule has 0 fully saturated rings. The molecule has 0 spiro atoms. The van der Waals surface area contributed by atoms with E-state index in [0.29, 0.717) is 0 Å². The fraction of sp³-hybridized carbons (Fsp3) is 0.0312. The molecule has 0 N–H and O–H groups in total. The third-order valence-electron chi connectivity index (χ3n) is 13.9. The van der Waals surface area contributed by atoms with Crippen LogP contribution in [0.4, 0.5) is 0 Å². The minimum Gasteiger partial charge on any atom is -0.309 e. The van der Waals surface area contributed by atoms with Crippen molar-refractivity contribution in [1.82, 2.24) is 9.13 Å². The molecule has 0 radical (unpaired) electrons. The van der Waals surface area contributed by atoms with Crippen molar-refractivity contribution in [3.8, 4) is 55.9 Å². The molecule has 2 heterocycles. The second kappa shape index (κ2) is 15.1. The molecular formula is C64H44N2. The number of rotatable bonds is 6. The van der Waals surface area contributed by atoms with E-state index in [1.165, 1.54) is 121 Å². The Bertz CT molecular complexity index is 3640. The number of hydrogen-bond acceptors (Lipinski definition) is 0. The highest BCUT2D eigenvalue weighted by atomic mass is 15.0. The van der Waals surface area contributed by atoms with Gasteiger partial charge >= 0.3 is 0 Å². The minimum atomic E-state index is 1.15. The van der Waals surface area contributed by atoms with E-state index in [1.807, 2.05) is 0 Å². The molecule has 13 rings (SSSR count). The van der Waals surface area contributed by atoms with Crippen LogP contribution >= 0.6 is 0 Å². The van der Waals surface area contributed by atoms with Gasteiger partial charge in [0.15, 0.2) is 0 Å². The third kappa shape index (κ3) is 6.03. The molecule has 2 heteroatoms. The van der Waals surface area contributed by atoms with Crippen LogP contribution in [0.25, 0.3) is 121 Å². The van der Waals surface area contributed by atoms with E-state index >= 15 is 0 Å². The quantitative estimate of drug-likeness (QED) is 0.148. The summed E-state index contributed by atoms with van der Waals surface area (Å²) >= 11 is 0. The lowest BCUT2D eigenvalue weighted by Gasteiger charge is -2.20. The Kier molecular flexibility index (Phi) is 8.69. The van der Waals surface area contributed by atoms with Crippen molar-refractivity contribution in [3.63, 3.8) is 0 Å². The summed E-state index contributed by atoms with van der Waals surface area (Å²) in [7, 11) is 0. The molecule has 0 aliphatic heterocycles. The fourth-order valence-corrected chi connectivity index (χ4v) is 10.7. The Morgan fingerprint density at radius 3 is 0.848 bits per heavy atom. The van der Waals surface area contributed by atoms with Crippen molar-refractivity contribution >= 4 is 65.2 Å². The highest BCUT2D eigenvalue weighted by Crippen LogP contribution is 2.46. The van der Waals surface area contributed by atoms with Gasteiger partial charge in [0.05, 0.1) is 22.1 Å². The van der Waals surface area contributed by atoms with Crippen molar-refractivity contribution < 1.29 is 0 Å². The molecule has 0 saturated carbocycles. The monoisotopic (exact) mass is 840 g/mol. The van der Waals surface area contributed by atoms with E-state index in [0.717, 1.165) is 11.4 Å². The molecule has 0 amide bonds. The maximum Gasteiger partial charge on any atom is 0.0541 e. The van der Waals surface area contributed by atoms with Gasteiger partial charge in [0.1, 0.15) is 0 Å². The summed E-state index contributed by atoms with van der Waals surface area (Å²) in [6.45, 7) is 4.33. The van der Waals surface area contributed by atoms with Crippen LogP contribution in [0.2, 0.25) is 0 Å². The van der Waals surface area contributed by atoms with Crippen molar-refractivity contribution in [2.24, 2.45) is 0 Å². The van der Waals surface area contributed by atoms with Crippen LogP contribution in [-0.4, -0.2) is 9.13 Å². The highest BCUT2D eigenvalue weighted by molar-refractivity contribution is 6.22. The molecule has 0 unspecified atom stereocenters. The van der Waals surface area contributed by atoms with Gasteiger partial charge in [0, 0.05) is 32.9 Å². The summed E-state index contributed by atoms with van der Waals surface area (Å²) in [6, 6.07) is 85.4. The zero-order valence-electron chi connectivity index (χ0n) is 36.8. The van der Waals surface area contributed by atoms with E-state index in [4.69, 9.17) is 0 Å². The van der Waals surface area contributed by atoms with E-state index in [-0.39, 0.29) is 0 Å². The Balaban J connectivity index is 0.984. The van der Waals surface area contributed by atoms with Crippen LogP contribution in [0.5, 0.6) is 0 Å². The van der Waals surface area contributed by atoms with Gasteiger partial charge in [-0.15, -0.1) is 0 Å². The van der Waals surface area contributed by atoms with Gasteiger partial charge in [-0.05, 0) is 141 Å². The first-order valence-electron chi connectivity index (χ1n) is 22.9. The van der Waals surface area contributed by atoms with Gasteiger partial charge in [-0.25, -0.2) is 0 Å². The van der Waals surface area contributed by atoms with Crippen molar-refractivity contribution in [2.75, 3.05) is 0 Å². The summed E-state index contributed by atoms with van der Waals surface area (Å²) in [4.78, 5) is 0. The second-order valence-electron chi connectivity index (χ2n) is 17.8. The molecule has 2 aromatic heterocycles. The zero-order chi connectivity index (χ0) is 43.9. The average molecular weight is 841 g/mol. The largest absolute Gasteiger partial charge is 0.309 e. The number of fused-ring (bicyclic) bond motifs is 8. The lowest BCUT2D eigenvalue weighted by Crippen LogP contribution is -1.95. The standard InChI is InChI=1S/C64H44N2/c1-41-19-23-45(24-20-41)63-55-37-31-48(44-29-35-50(36-30-44)66-61-17-9-5-13-53(61)54-14-6-10-18-62(54)66)40-58(55)64(46-25-21-42(2)22-26-46)56-38-32-47(39-57(56)63)43-27-33-49(34-28-43)65-59-15-7-3-11-51(59)52-12-4-8-16-60(52)65/h3-40H,1-2H3. The molecule has 310 valence electrons. The van der Waals surface area contributed by atoms with Crippen LogP contribution in [-0.2, 0) is 0 Å². The van der Waals surface area contributed by atoms with Gasteiger partial charge in [-0.3, -0.25) is 0 Å². The first-order valence-corrected chi connectivity index (χ1v) is 22.9. The first kappa shape index (κ1) is 38.0. The molecular weight excluding hydrogens is 797 g/mol.